The molecule has 1 aromatic rings. The van der Waals surface area contributed by atoms with Gasteiger partial charge in [-0.05, 0) is 32.6 Å². The van der Waals surface area contributed by atoms with Gasteiger partial charge in [-0.15, -0.1) is 0 Å². The fourth-order valence-electron chi connectivity index (χ4n) is 2.28. The Hall–Kier alpha value is -0.950. The fraction of sp³-hybridized carbons (Fsp3) is 0.727. The van der Waals surface area contributed by atoms with Crippen molar-refractivity contribution in [3.63, 3.8) is 0 Å². The number of piperidine rings is 1. The second kappa shape index (κ2) is 4.97. The fourth-order valence-corrected chi connectivity index (χ4v) is 4.04. The van der Waals surface area contributed by atoms with E-state index in [1.807, 2.05) is 0 Å². The molecule has 7 heteroatoms. The van der Waals surface area contributed by atoms with Gasteiger partial charge in [-0.25, -0.2) is 8.42 Å². The minimum absolute atomic E-state index is 0.0129. The summed E-state index contributed by atoms with van der Waals surface area (Å²) >= 11 is 0. The first kappa shape index (κ1) is 13.5. The lowest BCUT2D eigenvalue weighted by Gasteiger charge is -2.29. The van der Waals surface area contributed by atoms with Crippen LogP contribution in [0.1, 0.15) is 24.3 Å². The summed E-state index contributed by atoms with van der Waals surface area (Å²) in [6.07, 6.45) is 1.14. The van der Waals surface area contributed by atoms with E-state index in [9.17, 15) is 12.8 Å². The zero-order chi connectivity index (χ0) is 13.3. The molecule has 1 aliphatic rings. The summed E-state index contributed by atoms with van der Waals surface area (Å²) in [6, 6.07) is 0. The first-order valence-electron chi connectivity index (χ1n) is 5.95. The van der Waals surface area contributed by atoms with Crippen LogP contribution in [0.4, 0.5) is 4.39 Å². The number of aryl methyl sites for hydroxylation is 2. The highest BCUT2D eigenvalue weighted by Crippen LogP contribution is 2.27. The van der Waals surface area contributed by atoms with Crippen molar-refractivity contribution < 1.29 is 17.3 Å². The Morgan fingerprint density at radius 3 is 2.44 bits per heavy atom. The maximum Gasteiger partial charge on any atom is 0.248 e. The molecule has 0 radical (unpaired) electrons. The Morgan fingerprint density at radius 2 is 2.00 bits per heavy atom. The van der Waals surface area contributed by atoms with Crippen molar-refractivity contribution >= 4 is 10.0 Å². The lowest BCUT2D eigenvalue weighted by molar-refractivity contribution is 0.233. The van der Waals surface area contributed by atoms with E-state index in [0.29, 0.717) is 37.4 Å². The number of hydrogen-bond donors (Lipinski definition) is 0. The highest BCUT2D eigenvalue weighted by atomic mass is 32.2. The number of alkyl halides is 1. The number of halogens is 1. The van der Waals surface area contributed by atoms with Gasteiger partial charge in [0, 0.05) is 13.1 Å². The van der Waals surface area contributed by atoms with E-state index in [4.69, 9.17) is 4.52 Å². The zero-order valence-corrected chi connectivity index (χ0v) is 11.3. The van der Waals surface area contributed by atoms with E-state index in [1.165, 1.54) is 4.31 Å². The second-order valence-electron chi connectivity index (χ2n) is 4.66. The molecule has 0 amide bonds. The van der Waals surface area contributed by atoms with Crippen molar-refractivity contribution in [2.45, 2.75) is 31.6 Å². The number of sulfonamides is 1. The molecule has 1 aromatic heterocycles. The van der Waals surface area contributed by atoms with Crippen LogP contribution in [0.3, 0.4) is 0 Å². The predicted octanol–water partition coefficient (Wildman–Crippen LogP) is 1.66. The standard InChI is InChI=1S/C11H17FN2O3S/c1-8-11(9(2)17-13-8)18(15,16)14-5-3-10(7-12)4-6-14/h10H,3-7H2,1-2H3. The van der Waals surface area contributed by atoms with Gasteiger partial charge in [-0.3, -0.25) is 4.39 Å². The van der Waals surface area contributed by atoms with Gasteiger partial charge >= 0.3 is 0 Å². The Balaban J connectivity index is 2.23. The molecule has 102 valence electrons. The highest BCUT2D eigenvalue weighted by molar-refractivity contribution is 7.89. The molecule has 0 saturated carbocycles. The first-order chi connectivity index (χ1) is 8.46. The number of aromatic nitrogens is 1. The summed E-state index contributed by atoms with van der Waals surface area (Å²) in [5, 5.41) is 3.67. The quantitative estimate of drug-likeness (QED) is 0.842. The molecule has 1 aliphatic heterocycles. The van der Waals surface area contributed by atoms with E-state index in [1.54, 1.807) is 13.8 Å². The molecule has 18 heavy (non-hydrogen) atoms. The second-order valence-corrected chi connectivity index (χ2v) is 6.53. The van der Waals surface area contributed by atoms with Crippen molar-refractivity contribution in [3.8, 4) is 0 Å². The molecule has 1 fully saturated rings. The minimum Gasteiger partial charge on any atom is -0.360 e. The SMILES string of the molecule is Cc1noc(C)c1S(=O)(=O)N1CCC(CF)CC1. The average molecular weight is 276 g/mol. The van der Waals surface area contributed by atoms with Crippen molar-refractivity contribution in [3.05, 3.63) is 11.5 Å². The average Bonchev–Trinajstić information content (AvgIpc) is 2.69. The van der Waals surface area contributed by atoms with Gasteiger partial charge in [0.1, 0.15) is 10.6 Å². The summed E-state index contributed by atoms with van der Waals surface area (Å²) in [7, 11) is -3.56. The first-order valence-corrected chi connectivity index (χ1v) is 7.39. The van der Waals surface area contributed by atoms with Crippen LogP contribution in [0.2, 0.25) is 0 Å². The van der Waals surface area contributed by atoms with E-state index >= 15 is 0 Å². The molecule has 2 heterocycles. The molecule has 0 aliphatic carbocycles. The smallest absolute Gasteiger partial charge is 0.248 e. The van der Waals surface area contributed by atoms with Crippen LogP contribution in [0.5, 0.6) is 0 Å². The molecule has 0 N–H and O–H groups in total. The maximum absolute atomic E-state index is 12.5. The Labute approximate surface area is 106 Å². The summed E-state index contributed by atoms with van der Waals surface area (Å²) in [6.45, 7) is 3.54. The molecule has 1 saturated heterocycles. The number of nitrogens with zero attached hydrogens (tertiary/aromatic N) is 2. The molecular weight excluding hydrogens is 259 g/mol. The van der Waals surface area contributed by atoms with Crippen LogP contribution in [-0.4, -0.2) is 37.6 Å². The van der Waals surface area contributed by atoms with E-state index in [2.05, 4.69) is 5.16 Å². The third-order valence-electron chi connectivity index (χ3n) is 3.36. The van der Waals surface area contributed by atoms with Crippen molar-refractivity contribution in [1.82, 2.24) is 9.46 Å². The highest BCUT2D eigenvalue weighted by Gasteiger charge is 2.33. The maximum atomic E-state index is 12.5. The van der Waals surface area contributed by atoms with Crippen LogP contribution < -0.4 is 0 Å². The minimum atomic E-state index is -3.56. The molecular formula is C11H17FN2O3S. The van der Waals surface area contributed by atoms with Crippen LogP contribution >= 0.6 is 0 Å². The van der Waals surface area contributed by atoms with Gasteiger partial charge in [-0.1, -0.05) is 5.16 Å². The van der Waals surface area contributed by atoms with Gasteiger partial charge in [0.25, 0.3) is 0 Å². The van der Waals surface area contributed by atoms with Crippen molar-refractivity contribution in [2.75, 3.05) is 19.8 Å². The largest absolute Gasteiger partial charge is 0.360 e. The number of rotatable bonds is 3. The van der Waals surface area contributed by atoms with Crippen LogP contribution in [0, 0.1) is 19.8 Å². The summed E-state index contributed by atoms with van der Waals surface area (Å²) < 4.78 is 43.6. The lowest BCUT2D eigenvalue weighted by atomic mass is 10.0. The van der Waals surface area contributed by atoms with Gasteiger partial charge in [0.05, 0.1) is 6.67 Å². The van der Waals surface area contributed by atoms with Gasteiger partial charge in [0.15, 0.2) is 5.76 Å². The Kier molecular flexibility index (Phi) is 3.72. The Morgan fingerprint density at radius 1 is 1.39 bits per heavy atom. The van der Waals surface area contributed by atoms with Crippen LogP contribution in [0.25, 0.3) is 0 Å². The molecule has 5 nitrogen and oxygen atoms in total. The van der Waals surface area contributed by atoms with E-state index in [0.717, 1.165) is 0 Å². The third kappa shape index (κ3) is 2.29. The number of hydrogen-bond acceptors (Lipinski definition) is 4. The Bertz CT molecular complexity index is 499. The molecule has 0 spiro atoms. The molecule has 0 bridgehead atoms. The van der Waals surface area contributed by atoms with Gasteiger partial charge in [-0.2, -0.15) is 4.31 Å². The predicted molar refractivity (Wildman–Crippen MR) is 63.4 cm³/mol. The van der Waals surface area contributed by atoms with E-state index < -0.39 is 10.0 Å². The summed E-state index contributed by atoms with van der Waals surface area (Å²) in [5.74, 6) is 0.293. The van der Waals surface area contributed by atoms with E-state index in [-0.39, 0.29) is 17.5 Å². The lowest BCUT2D eigenvalue weighted by Crippen LogP contribution is -2.39. The normalized spacial score (nSPS) is 19.3. The van der Waals surface area contributed by atoms with Crippen LogP contribution in [0.15, 0.2) is 9.42 Å². The molecule has 0 aromatic carbocycles. The monoisotopic (exact) mass is 276 g/mol. The topological polar surface area (TPSA) is 63.4 Å². The zero-order valence-electron chi connectivity index (χ0n) is 10.5. The van der Waals surface area contributed by atoms with Crippen molar-refractivity contribution in [2.24, 2.45) is 5.92 Å². The van der Waals surface area contributed by atoms with Crippen molar-refractivity contribution in [1.29, 1.82) is 0 Å². The third-order valence-corrected chi connectivity index (χ3v) is 5.50. The molecule has 2 rings (SSSR count). The summed E-state index contributed by atoms with van der Waals surface area (Å²) in [4.78, 5) is 0.154. The van der Waals surface area contributed by atoms with Gasteiger partial charge in [0.2, 0.25) is 10.0 Å². The van der Waals surface area contributed by atoms with Crippen LogP contribution in [-0.2, 0) is 10.0 Å². The van der Waals surface area contributed by atoms with Gasteiger partial charge < -0.3 is 4.52 Å². The molecule has 0 unspecified atom stereocenters. The summed E-state index contributed by atoms with van der Waals surface area (Å²) in [5.41, 5.74) is 0.375. The molecule has 0 atom stereocenters.